The van der Waals surface area contributed by atoms with E-state index in [-0.39, 0.29) is 23.6 Å². The second-order valence-electron chi connectivity index (χ2n) is 6.44. The van der Waals surface area contributed by atoms with Crippen LogP contribution >= 0.6 is 0 Å². The van der Waals surface area contributed by atoms with Gasteiger partial charge in [-0.25, -0.2) is 13.8 Å². The van der Waals surface area contributed by atoms with Gasteiger partial charge in [-0.15, -0.1) is 0 Å². The lowest BCUT2D eigenvalue weighted by Crippen LogP contribution is -2.20. The van der Waals surface area contributed by atoms with Crippen LogP contribution < -0.4 is 9.47 Å². The first kappa shape index (κ1) is 18.8. The number of aliphatic hydroxyl groups excluding tert-OH is 1. The summed E-state index contributed by atoms with van der Waals surface area (Å²) < 4.78 is 38.8. The number of hydrogen-bond acceptors (Lipinski definition) is 6. The van der Waals surface area contributed by atoms with E-state index in [0.29, 0.717) is 17.1 Å². The molecule has 0 saturated carbocycles. The quantitative estimate of drug-likeness (QED) is 0.507. The Morgan fingerprint density at radius 3 is 2.69 bits per heavy atom. The van der Waals surface area contributed by atoms with Crippen LogP contribution in [0, 0.1) is 21.7 Å². The molecule has 2 unspecified atom stereocenters. The molecular weight excluding hydrogens is 386 g/mol. The van der Waals surface area contributed by atoms with Crippen molar-refractivity contribution in [1.29, 1.82) is 0 Å². The summed E-state index contributed by atoms with van der Waals surface area (Å²) in [5, 5.41) is 21.2. The molecule has 3 aromatic rings. The standard InChI is InChI=1S/C20H14F2N2O5/c21-11-1-4-16(22)14(7-11)19-9-17(25)15-8-13(3-5-18(15)29-19)28-20-6-2-12(10-23-20)24(26)27/h1-8,10,17,19,25H,9H2. The highest BCUT2D eigenvalue weighted by atomic mass is 19.1. The lowest BCUT2D eigenvalue weighted by molar-refractivity contribution is -0.385. The molecule has 29 heavy (non-hydrogen) atoms. The molecule has 1 N–H and O–H groups in total. The van der Waals surface area contributed by atoms with Gasteiger partial charge in [0.15, 0.2) is 0 Å². The Balaban J connectivity index is 1.56. The van der Waals surface area contributed by atoms with Crippen molar-refractivity contribution in [3.63, 3.8) is 0 Å². The monoisotopic (exact) mass is 400 g/mol. The van der Waals surface area contributed by atoms with Crippen molar-refractivity contribution in [2.24, 2.45) is 0 Å². The Hall–Kier alpha value is -3.59. The average Bonchev–Trinajstić information content (AvgIpc) is 2.70. The van der Waals surface area contributed by atoms with Gasteiger partial charge in [-0.05, 0) is 36.4 Å². The van der Waals surface area contributed by atoms with Crippen LogP contribution in [0.15, 0.2) is 54.7 Å². The third-order valence-corrected chi connectivity index (χ3v) is 4.51. The van der Waals surface area contributed by atoms with Crippen LogP contribution in [0.25, 0.3) is 0 Å². The van der Waals surface area contributed by atoms with Crippen molar-refractivity contribution in [1.82, 2.24) is 4.98 Å². The fourth-order valence-corrected chi connectivity index (χ4v) is 3.10. The second-order valence-corrected chi connectivity index (χ2v) is 6.44. The third-order valence-electron chi connectivity index (χ3n) is 4.51. The smallest absolute Gasteiger partial charge is 0.287 e. The third kappa shape index (κ3) is 3.85. The number of nitrogens with zero attached hydrogens (tertiary/aromatic N) is 2. The Morgan fingerprint density at radius 2 is 1.97 bits per heavy atom. The van der Waals surface area contributed by atoms with Gasteiger partial charge in [0.05, 0.1) is 11.0 Å². The lowest BCUT2D eigenvalue weighted by Gasteiger charge is -2.30. The molecule has 0 bridgehead atoms. The van der Waals surface area contributed by atoms with Gasteiger partial charge >= 0.3 is 0 Å². The van der Waals surface area contributed by atoms with Crippen molar-refractivity contribution in [2.45, 2.75) is 18.6 Å². The number of pyridine rings is 1. The first-order valence-corrected chi connectivity index (χ1v) is 8.62. The van der Waals surface area contributed by atoms with Crippen molar-refractivity contribution in [3.05, 3.63) is 87.6 Å². The van der Waals surface area contributed by atoms with E-state index in [1.54, 1.807) is 18.2 Å². The van der Waals surface area contributed by atoms with E-state index in [1.165, 1.54) is 12.1 Å². The first-order valence-electron chi connectivity index (χ1n) is 8.62. The largest absolute Gasteiger partial charge is 0.485 e. The van der Waals surface area contributed by atoms with Gasteiger partial charge in [0.2, 0.25) is 5.88 Å². The molecule has 1 aliphatic heterocycles. The average molecular weight is 400 g/mol. The summed E-state index contributed by atoms with van der Waals surface area (Å²) >= 11 is 0. The summed E-state index contributed by atoms with van der Waals surface area (Å²) in [7, 11) is 0. The van der Waals surface area contributed by atoms with Crippen LogP contribution in [-0.2, 0) is 0 Å². The molecule has 0 radical (unpaired) electrons. The Morgan fingerprint density at radius 1 is 1.14 bits per heavy atom. The summed E-state index contributed by atoms with van der Waals surface area (Å²) in [6.07, 6.45) is -0.715. The fourth-order valence-electron chi connectivity index (χ4n) is 3.10. The van der Waals surface area contributed by atoms with Gasteiger partial charge in [0, 0.05) is 29.7 Å². The molecule has 0 amide bonds. The zero-order valence-electron chi connectivity index (χ0n) is 14.8. The molecule has 9 heteroatoms. The topological polar surface area (TPSA) is 94.7 Å². The van der Waals surface area contributed by atoms with E-state index >= 15 is 0 Å². The van der Waals surface area contributed by atoms with E-state index in [9.17, 15) is 24.0 Å². The molecular formula is C20H14F2N2O5. The highest BCUT2D eigenvalue weighted by Gasteiger charge is 2.30. The number of aliphatic hydroxyl groups is 1. The molecule has 2 atom stereocenters. The number of nitro groups is 1. The van der Waals surface area contributed by atoms with Crippen LogP contribution in [0.5, 0.6) is 17.4 Å². The second kappa shape index (κ2) is 7.44. The molecule has 0 aliphatic carbocycles. The summed E-state index contributed by atoms with van der Waals surface area (Å²) in [5.41, 5.74) is 0.296. The molecule has 4 rings (SSSR count). The number of ether oxygens (including phenoxy) is 2. The number of halogens is 2. The Labute approximate surface area is 163 Å². The minimum atomic E-state index is -0.986. The van der Waals surface area contributed by atoms with Crippen molar-refractivity contribution in [2.75, 3.05) is 0 Å². The molecule has 7 nitrogen and oxygen atoms in total. The summed E-state index contributed by atoms with van der Waals surface area (Å²) in [6, 6.07) is 10.3. The van der Waals surface area contributed by atoms with Gasteiger partial charge in [-0.1, -0.05) is 0 Å². The molecule has 0 spiro atoms. The maximum Gasteiger partial charge on any atom is 0.287 e. The van der Waals surface area contributed by atoms with Gasteiger partial charge < -0.3 is 14.6 Å². The first-order chi connectivity index (χ1) is 13.9. The van der Waals surface area contributed by atoms with Crippen LogP contribution in [-0.4, -0.2) is 15.0 Å². The van der Waals surface area contributed by atoms with Crippen molar-refractivity contribution >= 4 is 5.69 Å². The SMILES string of the molecule is O=[N+]([O-])c1ccc(Oc2ccc3c(c2)C(O)CC(c2cc(F)ccc2F)O3)nc1. The number of aromatic nitrogens is 1. The Kier molecular flexibility index (Phi) is 4.81. The zero-order chi connectivity index (χ0) is 20.5. The van der Waals surface area contributed by atoms with Crippen molar-refractivity contribution in [3.8, 4) is 17.4 Å². The molecule has 0 saturated heterocycles. The van der Waals surface area contributed by atoms with Gasteiger partial charge in [0.25, 0.3) is 5.69 Å². The number of fused-ring (bicyclic) bond motifs is 1. The predicted molar refractivity (Wildman–Crippen MR) is 96.7 cm³/mol. The minimum absolute atomic E-state index is 0.0325. The number of hydrogen-bond donors (Lipinski definition) is 1. The molecule has 1 aromatic heterocycles. The molecule has 2 aromatic carbocycles. The maximum absolute atomic E-state index is 14.0. The van der Waals surface area contributed by atoms with E-state index in [4.69, 9.17) is 9.47 Å². The summed E-state index contributed by atoms with van der Waals surface area (Å²) in [4.78, 5) is 14.0. The number of benzene rings is 2. The normalized spacial score (nSPS) is 17.9. The van der Waals surface area contributed by atoms with Crippen LogP contribution in [0.4, 0.5) is 14.5 Å². The highest BCUT2D eigenvalue weighted by Crippen LogP contribution is 2.43. The summed E-state index contributed by atoms with van der Waals surface area (Å²) in [6.45, 7) is 0. The number of rotatable bonds is 4. The molecule has 0 fully saturated rings. The lowest BCUT2D eigenvalue weighted by atomic mass is 9.94. The molecule has 2 heterocycles. The maximum atomic E-state index is 14.0. The summed E-state index contributed by atoms with van der Waals surface area (Å²) in [5.74, 6) is -0.410. The van der Waals surface area contributed by atoms with Crippen LogP contribution in [0.3, 0.4) is 0 Å². The molecule has 1 aliphatic rings. The van der Waals surface area contributed by atoms with Crippen molar-refractivity contribution < 1.29 is 28.3 Å². The van der Waals surface area contributed by atoms with Gasteiger partial charge in [-0.2, -0.15) is 0 Å². The van der Waals surface area contributed by atoms with Gasteiger partial charge in [-0.3, -0.25) is 10.1 Å². The minimum Gasteiger partial charge on any atom is -0.485 e. The highest BCUT2D eigenvalue weighted by molar-refractivity contribution is 5.45. The Bertz CT molecular complexity index is 1070. The fraction of sp³-hybridized carbons (Fsp3) is 0.150. The van der Waals surface area contributed by atoms with E-state index in [0.717, 1.165) is 24.4 Å². The van der Waals surface area contributed by atoms with Crippen LogP contribution in [0.1, 0.15) is 29.8 Å². The van der Waals surface area contributed by atoms with E-state index < -0.39 is 28.8 Å². The predicted octanol–water partition coefficient (Wildman–Crippen LogP) is 4.62. The zero-order valence-corrected chi connectivity index (χ0v) is 14.8. The van der Waals surface area contributed by atoms with E-state index in [2.05, 4.69) is 4.98 Å². The van der Waals surface area contributed by atoms with Crippen LogP contribution in [0.2, 0.25) is 0 Å². The van der Waals surface area contributed by atoms with Gasteiger partial charge in [0.1, 0.15) is 35.4 Å². The molecule has 148 valence electrons. The van der Waals surface area contributed by atoms with E-state index in [1.807, 2.05) is 0 Å².